The Morgan fingerprint density at radius 2 is 2.00 bits per heavy atom. The minimum Gasteiger partial charge on any atom is -0.478 e. The Labute approximate surface area is 150 Å². The second kappa shape index (κ2) is 7.11. The SMILES string of the molecule is CCCc1c(C=O)c2ccc(C(=O)O)cc2n1Cc1ccccc1Cl. The lowest BCUT2D eigenvalue weighted by Gasteiger charge is -2.12. The highest BCUT2D eigenvalue weighted by Crippen LogP contribution is 2.29. The highest BCUT2D eigenvalue weighted by atomic mass is 35.5. The van der Waals surface area contributed by atoms with Gasteiger partial charge in [0.15, 0.2) is 6.29 Å². The van der Waals surface area contributed by atoms with Crippen molar-refractivity contribution in [3.63, 3.8) is 0 Å². The quantitative estimate of drug-likeness (QED) is 0.646. The Bertz CT molecular complexity index is 959. The zero-order valence-electron chi connectivity index (χ0n) is 13.8. The first-order valence-electron chi connectivity index (χ1n) is 8.13. The maximum absolute atomic E-state index is 11.7. The lowest BCUT2D eigenvalue weighted by atomic mass is 10.1. The van der Waals surface area contributed by atoms with Crippen molar-refractivity contribution >= 4 is 34.8 Å². The first-order valence-corrected chi connectivity index (χ1v) is 8.51. The normalized spacial score (nSPS) is 11.0. The summed E-state index contributed by atoms with van der Waals surface area (Å²) in [6.45, 7) is 2.54. The molecule has 4 nitrogen and oxygen atoms in total. The summed E-state index contributed by atoms with van der Waals surface area (Å²) in [7, 11) is 0. The van der Waals surface area contributed by atoms with E-state index >= 15 is 0 Å². The summed E-state index contributed by atoms with van der Waals surface area (Å²) in [6.07, 6.45) is 2.47. The van der Waals surface area contributed by atoms with Crippen LogP contribution in [0.1, 0.15) is 45.3 Å². The number of carbonyl (C=O) groups is 2. The van der Waals surface area contributed by atoms with Gasteiger partial charge in [0.2, 0.25) is 0 Å². The Morgan fingerprint density at radius 1 is 1.24 bits per heavy atom. The third-order valence-electron chi connectivity index (χ3n) is 4.35. The van der Waals surface area contributed by atoms with E-state index in [-0.39, 0.29) is 5.56 Å². The molecule has 3 aromatic rings. The molecule has 0 atom stereocenters. The van der Waals surface area contributed by atoms with Crippen LogP contribution in [0.3, 0.4) is 0 Å². The van der Waals surface area contributed by atoms with E-state index < -0.39 is 5.97 Å². The van der Waals surface area contributed by atoms with Gasteiger partial charge >= 0.3 is 5.97 Å². The van der Waals surface area contributed by atoms with E-state index in [0.29, 0.717) is 17.1 Å². The maximum atomic E-state index is 11.7. The topological polar surface area (TPSA) is 59.3 Å². The van der Waals surface area contributed by atoms with Crippen molar-refractivity contribution in [1.29, 1.82) is 0 Å². The molecule has 25 heavy (non-hydrogen) atoms. The van der Waals surface area contributed by atoms with Crippen LogP contribution < -0.4 is 0 Å². The van der Waals surface area contributed by atoms with Crippen LogP contribution in [-0.4, -0.2) is 21.9 Å². The van der Waals surface area contributed by atoms with Gasteiger partial charge < -0.3 is 9.67 Å². The first kappa shape index (κ1) is 17.2. The number of carbonyl (C=O) groups excluding carboxylic acids is 1. The number of aromatic carboxylic acids is 1. The fraction of sp³-hybridized carbons (Fsp3) is 0.200. The molecule has 0 aliphatic carbocycles. The summed E-state index contributed by atoms with van der Waals surface area (Å²) in [5, 5.41) is 10.7. The van der Waals surface area contributed by atoms with Gasteiger partial charge in [-0.15, -0.1) is 0 Å². The Balaban J connectivity index is 2.27. The summed E-state index contributed by atoms with van der Waals surface area (Å²) in [5.74, 6) is -0.989. The van der Waals surface area contributed by atoms with Crippen molar-refractivity contribution in [1.82, 2.24) is 4.57 Å². The van der Waals surface area contributed by atoms with Gasteiger partial charge in [-0.3, -0.25) is 4.79 Å². The van der Waals surface area contributed by atoms with Crippen molar-refractivity contribution in [2.24, 2.45) is 0 Å². The number of aldehydes is 1. The second-order valence-electron chi connectivity index (χ2n) is 5.94. The van der Waals surface area contributed by atoms with Gasteiger partial charge in [-0.1, -0.05) is 49.2 Å². The summed E-state index contributed by atoms with van der Waals surface area (Å²) in [5.41, 5.74) is 3.41. The van der Waals surface area contributed by atoms with Crippen molar-refractivity contribution in [3.8, 4) is 0 Å². The van der Waals surface area contributed by atoms with Gasteiger partial charge in [0.1, 0.15) is 0 Å². The van der Waals surface area contributed by atoms with E-state index in [1.165, 1.54) is 6.07 Å². The smallest absolute Gasteiger partial charge is 0.335 e. The molecule has 1 heterocycles. The molecule has 0 unspecified atom stereocenters. The molecule has 0 aliphatic heterocycles. The van der Waals surface area contributed by atoms with Crippen molar-refractivity contribution < 1.29 is 14.7 Å². The molecular weight excluding hydrogens is 338 g/mol. The van der Waals surface area contributed by atoms with Gasteiger partial charge in [0, 0.05) is 28.2 Å². The minimum atomic E-state index is -0.989. The molecule has 0 radical (unpaired) electrons. The van der Waals surface area contributed by atoms with Crippen LogP contribution in [0.4, 0.5) is 0 Å². The Morgan fingerprint density at radius 3 is 2.64 bits per heavy atom. The van der Waals surface area contributed by atoms with E-state index in [1.54, 1.807) is 12.1 Å². The molecule has 0 saturated heterocycles. The van der Waals surface area contributed by atoms with Crippen LogP contribution in [0.15, 0.2) is 42.5 Å². The highest BCUT2D eigenvalue weighted by Gasteiger charge is 2.18. The number of benzene rings is 2. The molecule has 0 amide bonds. The largest absolute Gasteiger partial charge is 0.478 e. The maximum Gasteiger partial charge on any atom is 0.335 e. The number of nitrogens with zero attached hydrogens (tertiary/aromatic N) is 1. The molecule has 0 fully saturated rings. The molecule has 0 spiro atoms. The molecule has 1 N–H and O–H groups in total. The fourth-order valence-electron chi connectivity index (χ4n) is 3.18. The molecule has 0 aliphatic rings. The van der Waals surface area contributed by atoms with Gasteiger partial charge in [-0.2, -0.15) is 0 Å². The number of hydrogen-bond acceptors (Lipinski definition) is 2. The van der Waals surface area contributed by atoms with Crippen LogP contribution in [0.25, 0.3) is 10.9 Å². The number of fused-ring (bicyclic) bond motifs is 1. The van der Waals surface area contributed by atoms with Crippen molar-refractivity contribution in [3.05, 3.63) is 69.9 Å². The molecule has 1 aromatic heterocycles. The predicted molar refractivity (Wildman–Crippen MR) is 98.8 cm³/mol. The monoisotopic (exact) mass is 355 g/mol. The van der Waals surface area contributed by atoms with Crippen LogP contribution in [-0.2, 0) is 13.0 Å². The first-order chi connectivity index (χ1) is 12.1. The average molecular weight is 356 g/mol. The summed E-state index contributed by atoms with van der Waals surface area (Å²) >= 11 is 6.30. The number of carboxylic acid groups (broad SMARTS) is 1. The lowest BCUT2D eigenvalue weighted by molar-refractivity contribution is 0.0697. The molecule has 0 bridgehead atoms. The fourth-order valence-corrected chi connectivity index (χ4v) is 3.37. The summed E-state index contributed by atoms with van der Waals surface area (Å²) in [6, 6.07) is 12.4. The summed E-state index contributed by atoms with van der Waals surface area (Å²) in [4.78, 5) is 23.1. The molecule has 3 rings (SSSR count). The predicted octanol–water partition coefficient (Wildman–Crippen LogP) is 4.81. The van der Waals surface area contributed by atoms with Crippen LogP contribution >= 0.6 is 11.6 Å². The minimum absolute atomic E-state index is 0.200. The van der Waals surface area contributed by atoms with E-state index in [1.807, 2.05) is 28.8 Å². The summed E-state index contributed by atoms with van der Waals surface area (Å²) < 4.78 is 2.01. The third kappa shape index (κ3) is 3.17. The average Bonchev–Trinajstić information content (AvgIpc) is 2.89. The zero-order valence-corrected chi connectivity index (χ0v) is 14.6. The highest BCUT2D eigenvalue weighted by molar-refractivity contribution is 6.31. The van der Waals surface area contributed by atoms with Crippen molar-refractivity contribution in [2.75, 3.05) is 0 Å². The van der Waals surface area contributed by atoms with E-state index in [4.69, 9.17) is 11.6 Å². The molecule has 5 heteroatoms. The van der Waals surface area contributed by atoms with Gasteiger partial charge in [-0.25, -0.2) is 4.79 Å². The van der Waals surface area contributed by atoms with Crippen LogP contribution in [0.2, 0.25) is 5.02 Å². The van der Waals surface area contributed by atoms with Gasteiger partial charge in [0.05, 0.1) is 11.1 Å². The number of hydrogen-bond donors (Lipinski definition) is 1. The second-order valence-corrected chi connectivity index (χ2v) is 6.35. The number of carboxylic acids is 1. The van der Waals surface area contributed by atoms with E-state index in [2.05, 4.69) is 6.92 Å². The molecule has 128 valence electrons. The number of rotatable bonds is 6. The van der Waals surface area contributed by atoms with Crippen molar-refractivity contribution in [2.45, 2.75) is 26.3 Å². The number of aromatic nitrogens is 1. The third-order valence-corrected chi connectivity index (χ3v) is 4.72. The van der Waals surface area contributed by atoms with Gasteiger partial charge in [-0.05, 0) is 30.2 Å². The zero-order chi connectivity index (χ0) is 18.0. The van der Waals surface area contributed by atoms with E-state index in [9.17, 15) is 14.7 Å². The lowest BCUT2D eigenvalue weighted by Crippen LogP contribution is -2.06. The van der Waals surface area contributed by atoms with Gasteiger partial charge in [0.25, 0.3) is 0 Å². The molecule has 2 aromatic carbocycles. The number of halogens is 1. The molecule has 0 saturated carbocycles. The Kier molecular flexibility index (Phi) is 4.91. The molecular formula is C20H18ClNO3. The Hall–Kier alpha value is -2.59. The van der Waals surface area contributed by atoms with Crippen LogP contribution in [0, 0.1) is 0 Å². The van der Waals surface area contributed by atoms with Crippen LogP contribution in [0.5, 0.6) is 0 Å². The standard InChI is InChI=1S/C20H18ClNO3/c1-2-5-18-16(12-23)15-9-8-13(20(24)25)10-19(15)22(18)11-14-6-3-4-7-17(14)21/h3-4,6-10,12H,2,5,11H2,1H3,(H,24,25). The van der Waals surface area contributed by atoms with E-state index in [0.717, 1.165) is 41.3 Å².